The minimum atomic E-state index is 0.626. The highest BCUT2D eigenvalue weighted by Gasteiger charge is 2.17. The molecule has 0 spiro atoms. The molecule has 4 rings (SSSR count). The summed E-state index contributed by atoms with van der Waals surface area (Å²) in [6.45, 7) is 0.653. The largest absolute Gasteiger partial charge is 0.461 e. The summed E-state index contributed by atoms with van der Waals surface area (Å²) < 4.78 is 7.60. The van der Waals surface area contributed by atoms with Gasteiger partial charge in [-0.3, -0.25) is 4.57 Å². The highest BCUT2D eigenvalue weighted by Crippen LogP contribution is 2.30. The van der Waals surface area contributed by atoms with E-state index in [-0.39, 0.29) is 0 Å². The number of thioether (sulfide) groups is 1. The van der Waals surface area contributed by atoms with Gasteiger partial charge < -0.3 is 4.42 Å². The molecule has 2 aromatic heterocycles. The summed E-state index contributed by atoms with van der Waals surface area (Å²) in [5.74, 6) is 2.06. The summed E-state index contributed by atoms with van der Waals surface area (Å²) in [5.41, 5.74) is 2.16. The summed E-state index contributed by atoms with van der Waals surface area (Å²) in [7, 11) is 0. The van der Waals surface area contributed by atoms with E-state index in [0.29, 0.717) is 33.9 Å². The van der Waals surface area contributed by atoms with E-state index >= 15 is 0 Å². The molecule has 4 nitrogen and oxygen atoms in total. The standard InChI is InChI=1S/C20H15Cl2N3OS/c21-16-9-8-15(17(22)11-16)13-27-20-24-23-19(18-7-4-10-26-18)25(20)12-14-5-2-1-3-6-14/h1-11H,12-13H2. The van der Waals surface area contributed by atoms with Crippen molar-refractivity contribution in [1.29, 1.82) is 0 Å². The van der Waals surface area contributed by atoms with Crippen LogP contribution in [0, 0.1) is 0 Å². The lowest BCUT2D eigenvalue weighted by Crippen LogP contribution is -2.04. The van der Waals surface area contributed by atoms with Crippen LogP contribution in [0.15, 0.2) is 76.5 Å². The maximum atomic E-state index is 6.30. The van der Waals surface area contributed by atoms with Gasteiger partial charge in [-0.1, -0.05) is 71.4 Å². The van der Waals surface area contributed by atoms with Crippen LogP contribution in [0.3, 0.4) is 0 Å². The Kier molecular flexibility index (Phi) is 5.53. The number of furan rings is 1. The van der Waals surface area contributed by atoms with Gasteiger partial charge in [0.05, 0.1) is 12.8 Å². The van der Waals surface area contributed by atoms with Gasteiger partial charge in [-0.05, 0) is 35.4 Å². The molecule has 4 aromatic rings. The molecule has 0 N–H and O–H groups in total. The van der Waals surface area contributed by atoms with Crippen LogP contribution in [0.25, 0.3) is 11.6 Å². The first kappa shape index (κ1) is 18.2. The first-order valence-electron chi connectivity index (χ1n) is 8.28. The molecule has 0 atom stereocenters. The molecule has 0 unspecified atom stereocenters. The second-order valence-electron chi connectivity index (χ2n) is 5.88. The van der Waals surface area contributed by atoms with E-state index in [1.807, 2.05) is 42.5 Å². The van der Waals surface area contributed by atoms with Crippen molar-refractivity contribution >= 4 is 35.0 Å². The quantitative estimate of drug-likeness (QED) is 0.352. The smallest absolute Gasteiger partial charge is 0.200 e. The van der Waals surface area contributed by atoms with Crippen molar-refractivity contribution < 1.29 is 4.42 Å². The number of hydrogen-bond donors (Lipinski definition) is 0. The molecule has 27 heavy (non-hydrogen) atoms. The zero-order chi connectivity index (χ0) is 18.6. The van der Waals surface area contributed by atoms with Crippen LogP contribution in [0.1, 0.15) is 11.1 Å². The second-order valence-corrected chi connectivity index (χ2v) is 7.67. The molecule has 136 valence electrons. The summed E-state index contributed by atoms with van der Waals surface area (Å²) in [6.07, 6.45) is 1.64. The van der Waals surface area contributed by atoms with Gasteiger partial charge in [0.1, 0.15) is 0 Å². The minimum Gasteiger partial charge on any atom is -0.461 e. The van der Waals surface area contributed by atoms with Crippen molar-refractivity contribution in [1.82, 2.24) is 14.8 Å². The molecule has 0 bridgehead atoms. The van der Waals surface area contributed by atoms with E-state index < -0.39 is 0 Å². The molecule has 0 radical (unpaired) electrons. The fraction of sp³-hybridized carbons (Fsp3) is 0.100. The van der Waals surface area contributed by atoms with E-state index in [2.05, 4.69) is 26.9 Å². The van der Waals surface area contributed by atoms with Gasteiger partial charge in [0.25, 0.3) is 0 Å². The Bertz CT molecular complexity index is 1030. The third-order valence-electron chi connectivity index (χ3n) is 4.01. The van der Waals surface area contributed by atoms with Crippen molar-refractivity contribution in [2.75, 3.05) is 0 Å². The second kappa shape index (κ2) is 8.21. The summed E-state index contributed by atoms with van der Waals surface area (Å²) >= 11 is 13.9. The molecule has 2 aromatic carbocycles. The molecule has 0 aliphatic rings. The third kappa shape index (κ3) is 4.21. The molecule has 0 aliphatic heterocycles. The predicted octanol–water partition coefficient (Wildman–Crippen LogP) is 6.19. The lowest BCUT2D eigenvalue weighted by molar-refractivity contribution is 0.569. The van der Waals surface area contributed by atoms with E-state index in [1.165, 1.54) is 0 Å². The average Bonchev–Trinajstić information content (AvgIpc) is 3.32. The van der Waals surface area contributed by atoms with Gasteiger partial charge in [0, 0.05) is 15.8 Å². The predicted molar refractivity (Wildman–Crippen MR) is 109 cm³/mol. The van der Waals surface area contributed by atoms with Crippen molar-refractivity contribution in [3.63, 3.8) is 0 Å². The number of benzene rings is 2. The van der Waals surface area contributed by atoms with Crippen LogP contribution in [-0.2, 0) is 12.3 Å². The molecule has 2 heterocycles. The van der Waals surface area contributed by atoms with E-state index in [0.717, 1.165) is 16.3 Å². The Labute approximate surface area is 171 Å². The third-order valence-corrected chi connectivity index (χ3v) is 5.62. The van der Waals surface area contributed by atoms with Crippen LogP contribution in [0.5, 0.6) is 0 Å². The van der Waals surface area contributed by atoms with Crippen molar-refractivity contribution in [3.8, 4) is 11.6 Å². The SMILES string of the molecule is Clc1ccc(CSc2nnc(-c3ccco3)n2Cc2ccccc2)c(Cl)c1. The number of halogens is 2. The van der Waals surface area contributed by atoms with Crippen LogP contribution in [-0.4, -0.2) is 14.8 Å². The van der Waals surface area contributed by atoms with Gasteiger partial charge in [0.2, 0.25) is 5.82 Å². The summed E-state index contributed by atoms with van der Waals surface area (Å²) in [4.78, 5) is 0. The first-order chi connectivity index (χ1) is 13.2. The number of aromatic nitrogens is 3. The molecule has 0 amide bonds. The number of nitrogens with zero attached hydrogens (tertiary/aromatic N) is 3. The molecule has 0 aliphatic carbocycles. The van der Waals surface area contributed by atoms with Gasteiger partial charge in [-0.15, -0.1) is 10.2 Å². The van der Waals surface area contributed by atoms with E-state index in [4.69, 9.17) is 27.6 Å². The molecular formula is C20H15Cl2N3OS. The number of rotatable bonds is 6. The Morgan fingerprint density at radius 2 is 1.81 bits per heavy atom. The average molecular weight is 416 g/mol. The maximum absolute atomic E-state index is 6.30. The summed E-state index contributed by atoms with van der Waals surface area (Å²) in [6, 6.07) is 19.5. The fourth-order valence-electron chi connectivity index (χ4n) is 2.67. The van der Waals surface area contributed by atoms with Crippen LogP contribution < -0.4 is 0 Å². The molecule has 7 heteroatoms. The molecule has 0 fully saturated rings. The van der Waals surface area contributed by atoms with E-state index in [9.17, 15) is 0 Å². The zero-order valence-electron chi connectivity index (χ0n) is 14.2. The monoisotopic (exact) mass is 415 g/mol. The highest BCUT2D eigenvalue weighted by molar-refractivity contribution is 7.98. The van der Waals surface area contributed by atoms with Crippen LogP contribution in [0.2, 0.25) is 10.0 Å². The fourth-order valence-corrected chi connectivity index (χ4v) is 4.17. The zero-order valence-corrected chi connectivity index (χ0v) is 16.5. The van der Waals surface area contributed by atoms with E-state index in [1.54, 1.807) is 24.1 Å². The Morgan fingerprint density at radius 3 is 2.56 bits per heavy atom. The highest BCUT2D eigenvalue weighted by atomic mass is 35.5. The normalized spacial score (nSPS) is 11.0. The van der Waals surface area contributed by atoms with Gasteiger partial charge in [-0.2, -0.15) is 0 Å². The van der Waals surface area contributed by atoms with Gasteiger partial charge in [0.15, 0.2) is 10.9 Å². The molecule has 0 saturated heterocycles. The van der Waals surface area contributed by atoms with Gasteiger partial charge in [-0.25, -0.2) is 0 Å². The Hall–Kier alpha value is -2.21. The minimum absolute atomic E-state index is 0.626. The number of hydrogen-bond acceptors (Lipinski definition) is 4. The van der Waals surface area contributed by atoms with Crippen molar-refractivity contribution in [2.45, 2.75) is 17.5 Å². The topological polar surface area (TPSA) is 43.9 Å². The Morgan fingerprint density at radius 1 is 0.963 bits per heavy atom. The Balaban J connectivity index is 1.63. The van der Waals surface area contributed by atoms with Crippen molar-refractivity contribution in [3.05, 3.63) is 88.1 Å². The summed E-state index contributed by atoms with van der Waals surface area (Å²) in [5, 5.41) is 10.8. The van der Waals surface area contributed by atoms with Crippen molar-refractivity contribution in [2.24, 2.45) is 0 Å². The van der Waals surface area contributed by atoms with Gasteiger partial charge >= 0.3 is 0 Å². The van der Waals surface area contributed by atoms with Crippen LogP contribution in [0.4, 0.5) is 0 Å². The molecular weight excluding hydrogens is 401 g/mol. The lowest BCUT2D eigenvalue weighted by atomic mass is 10.2. The maximum Gasteiger partial charge on any atom is 0.200 e. The van der Waals surface area contributed by atoms with Crippen LogP contribution >= 0.6 is 35.0 Å². The first-order valence-corrected chi connectivity index (χ1v) is 10.0. The lowest BCUT2D eigenvalue weighted by Gasteiger charge is -2.10. The molecule has 0 saturated carbocycles.